The van der Waals surface area contributed by atoms with Gasteiger partial charge in [-0.3, -0.25) is 14.2 Å². The van der Waals surface area contributed by atoms with Crippen LogP contribution in [0.3, 0.4) is 0 Å². The maximum atomic E-state index is 13.4. The summed E-state index contributed by atoms with van der Waals surface area (Å²) in [6.45, 7) is 1.38. The molecule has 0 fully saturated rings. The molecule has 0 unspecified atom stereocenters. The van der Waals surface area contributed by atoms with Gasteiger partial charge in [0.05, 0.1) is 37.3 Å². The lowest BCUT2D eigenvalue weighted by Gasteiger charge is -2.14. The van der Waals surface area contributed by atoms with Crippen LogP contribution in [-0.2, 0) is 6.54 Å². The summed E-state index contributed by atoms with van der Waals surface area (Å²) in [6, 6.07) is 10.2. The van der Waals surface area contributed by atoms with Crippen molar-refractivity contribution < 1.29 is 18.5 Å². The third kappa shape index (κ3) is 5.07. The Bertz CT molecular complexity index is 1100. The number of para-hydroxylation sites is 1. The SMILES string of the molecule is C[NH+](C)CCCn1c(SCC(=O)c2ccc(F)c(F)c2)nc2ccccc2c1=O. The summed E-state index contributed by atoms with van der Waals surface area (Å²) in [5, 5.41) is 0.972. The van der Waals surface area contributed by atoms with E-state index < -0.39 is 11.6 Å². The zero-order valence-electron chi connectivity index (χ0n) is 16.2. The molecule has 0 saturated carbocycles. The molecule has 0 aliphatic rings. The number of nitrogens with zero attached hydrogens (tertiary/aromatic N) is 2. The van der Waals surface area contributed by atoms with Gasteiger partial charge in [-0.1, -0.05) is 23.9 Å². The summed E-state index contributed by atoms with van der Waals surface area (Å²) in [5.41, 5.74) is 0.504. The number of aromatic nitrogens is 2. The lowest BCUT2D eigenvalue weighted by molar-refractivity contribution is -0.858. The monoisotopic (exact) mass is 418 g/mol. The minimum atomic E-state index is -1.06. The highest BCUT2D eigenvalue weighted by Crippen LogP contribution is 2.20. The molecular formula is C21H22F2N3O2S+. The van der Waals surface area contributed by atoms with Crippen LogP contribution in [0.25, 0.3) is 10.9 Å². The molecule has 0 atom stereocenters. The van der Waals surface area contributed by atoms with Gasteiger partial charge in [-0.15, -0.1) is 0 Å². The summed E-state index contributed by atoms with van der Waals surface area (Å²) in [6.07, 6.45) is 0.785. The Morgan fingerprint density at radius 2 is 1.90 bits per heavy atom. The van der Waals surface area contributed by atoms with Crippen molar-refractivity contribution in [1.82, 2.24) is 9.55 Å². The van der Waals surface area contributed by atoms with Crippen molar-refractivity contribution in [3.8, 4) is 0 Å². The molecule has 1 heterocycles. The predicted octanol–water partition coefficient (Wildman–Crippen LogP) is 2.18. The number of fused-ring (bicyclic) bond motifs is 1. The molecule has 2 aromatic carbocycles. The van der Waals surface area contributed by atoms with E-state index in [9.17, 15) is 18.4 Å². The summed E-state index contributed by atoms with van der Waals surface area (Å²) >= 11 is 1.13. The van der Waals surface area contributed by atoms with Crippen LogP contribution in [0.2, 0.25) is 0 Å². The largest absolute Gasteiger partial charge is 0.340 e. The summed E-state index contributed by atoms with van der Waals surface area (Å²) in [5.74, 6) is -2.45. The first-order chi connectivity index (χ1) is 13.9. The van der Waals surface area contributed by atoms with Gasteiger partial charge in [-0.25, -0.2) is 13.8 Å². The molecule has 0 aliphatic carbocycles. The topological polar surface area (TPSA) is 56.4 Å². The van der Waals surface area contributed by atoms with Crippen molar-refractivity contribution in [3.63, 3.8) is 0 Å². The molecule has 3 aromatic rings. The first kappa shape index (κ1) is 21.1. The predicted molar refractivity (Wildman–Crippen MR) is 110 cm³/mol. The molecule has 8 heteroatoms. The van der Waals surface area contributed by atoms with Crippen molar-refractivity contribution in [1.29, 1.82) is 0 Å². The average Bonchev–Trinajstić information content (AvgIpc) is 2.70. The van der Waals surface area contributed by atoms with Crippen LogP contribution in [0.4, 0.5) is 8.78 Å². The quantitative estimate of drug-likeness (QED) is 0.346. The van der Waals surface area contributed by atoms with Crippen molar-refractivity contribution in [2.75, 3.05) is 26.4 Å². The van der Waals surface area contributed by atoms with E-state index in [-0.39, 0.29) is 22.7 Å². The molecule has 1 N–H and O–H groups in total. The Balaban J connectivity index is 1.87. The number of ketones is 1. The molecule has 0 radical (unpaired) electrons. The highest BCUT2D eigenvalue weighted by atomic mass is 32.2. The lowest BCUT2D eigenvalue weighted by atomic mass is 10.1. The van der Waals surface area contributed by atoms with Crippen molar-refractivity contribution in [3.05, 3.63) is 70.0 Å². The van der Waals surface area contributed by atoms with E-state index in [1.165, 1.54) is 11.0 Å². The number of halogens is 2. The Labute approximate surface area is 171 Å². The fraction of sp³-hybridized carbons (Fsp3) is 0.286. The van der Waals surface area contributed by atoms with Gasteiger partial charge in [0.25, 0.3) is 5.56 Å². The van der Waals surface area contributed by atoms with Gasteiger partial charge in [0.2, 0.25) is 0 Å². The molecule has 0 spiro atoms. The Morgan fingerprint density at radius 3 is 2.62 bits per heavy atom. The number of carbonyl (C=O) groups excluding carboxylic acids is 1. The molecule has 0 aliphatic heterocycles. The molecule has 0 amide bonds. The summed E-state index contributed by atoms with van der Waals surface area (Å²) < 4.78 is 28.1. The van der Waals surface area contributed by atoms with E-state index in [0.29, 0.717) is 22.6 Å². The summed E-state index contributed by atoms with van der Waals surface area (Å²) in [7, 11) is 4.08. The molecule has 5 nitrogen and oxygen atoms in total. The van der Waals surface area contributed by atoms with Crippen LogP contribution >= 0.6 is 11.8 Å². The number of carbonyl (C=O) groups is 1. The average molecular weight is 418 g/mol. The van der Waals surface area contributed by atoms with Crippen molar-refractivity contribution >= 4 is 28.4 Å². The zero-order valence-corrected chi connectivity index (χ0v) is 17.1. The number of hydrogen-bond donors (Lipinski definition) is 1. The van der Waals surface area contributed by atoms with Crippen LogP contribution in [0, 0.1) is 11.6 Å². The second-order valence-corrected chi connectivity index (χ2v) is 7.96. The van der Waals surface area contributed by atoms with Crippen molar-refractivity contribution in [2.45, 2.75) is 18.1 Å². The second-order valence-electron chi connectivity index (χ2n) is 7.02. The van der Waals surface area contributed by atoms with Gasteiger partial charge < -0.3 is 4.90 Å². The van der Waals surface area contributed by atoms with Gasteiger partial charge in [-0.05, 0) is 30.3 Å². The van der Waals surface area contributed by atoms with E-state index in [4.69, 9.17) is 0 Å². The van der Waals surface area contributed by atoms with Gasteiger partial charge >= 0.3 is 0 Å². The standard InChI is InChI=1S/C21H21F2N3O2S/c1-25(2)10-5-11-26-20(28)15-6-3-4-7-18(15)24-21(26)29-13-19(27)14-8-9-16(22)17(23)12-14/h3-4,6-9,12H,5,10-11,13H2,1-2H3/p+1. The Morgan fingerprint density at radius 1 is 1.14 bits per heavy atom. The van der Waals surface area contributed by atoms with E-state index in [1.807, 2.05) is 14.1 Å². The van der Waals surface area contributed by atoms with Crippen LogP contribution < -0.4 is 10.5 Å². The number of Topliss-reactive ketones (excluding diaryl/α,β-unsaturated/α-hetero) is 1. The lowest BCUT2D eigenvalue weighted by Crippen LogP contribution is -3.05. The van der Waals surface area contributed by atoms with Gasteiger partial charge in [0, 0.05) is 18.5 Å². The van der Waals surface area contributed by atoms with Crippen molar-refractivity contribution in [2.24, 2.45) is 0 Å². The number of quaternary nitrogens is 1. The van der Waals surface area contributed by atoms with E-state index in [0.717, 1.165) is 36.9 Å². The summed E-state index contributed by atoms with van der Waals surface area (Å²) in [4.78, 5) is 31.2. The maximum Gasteiger partial charge on any atom is 0.262 e. The third-order valence-corrected chi connectivity index (χ3v) is 5.44. The number of hydrogen-bond acceptors (Lipinski definition) is 4. The number of thioether (sulfide) groups is 1. The van der Waals surface area contributed by atoms with E-state index in [2.05, 4.69) is 4.98 Å². The van der Waals surface area contributed by atoms with Gasteiger partial charge in [0.15, 0.2) is 22.6 Å². The highest BCUT2D eigenvalue weighted by molar-refractivity contribution is 7.99. The van der Waals surface area contributed by atoms with Crippen LogP contribution in [-0.4, -0.2) is 41.7 Å². The van der Waals surface area contributed by atoms with Crippen LogP contribution in [0.5, 0.6) is 0 Å². The van der Waals surface area contributed by atoms with Crippen LogP contribution in [0.15, 0.2) is 52.4 Å². The maximum absolute atomic E-state index is 13.4. The number of benzene rings is 2. The van der Waals surface area contributed by atoms with Gasteiger partial charge in [-0.2, -0.15) is 0 Å². The molecule has 152 valence electrons. The Kier molecular flexibility index (Phi) is 6.76. The normalized spacial score (nSPS) is 11.3. The molecular weight excluding hydrogens is 396 g/mol. The molecule has 0 bridgehead atoms. The number of nitrogens with one attached hydrogen (secondary N) is 1. The minimum Gasteiger partial charge on any atom is -0.340 e. The van der Waals surface area contributed by atoms with E-state index in [1.54, 1.807) is 28.8 Å². The third-order valence-electron chi connectivity index (χ3n) is 4.46. The highest BCUT2D eigenvalue weighted by Gasteiger charge is 2.15. The number of rotatable bonds is 8. The molecule has 0 saturated heterocycles. The smallest absolute Gasteiger partial charge is 0.262 e. The first-order valence-corrected chi connectivity index (χ1v) is 10.2. The second kappa shape index (κ2) is 9.28. The van der Waals surface area contributed by atoms with Gasteiger partial charge in [0.1, 0.15) is 0 Å². The fourth-order valence-electron chi connectivity index (χ4n) is 2.93. The molecule has 3 rings (SSSR count). The van der Waals surface area contributed by atoms with E-state index >= 15 is 0 Å². The molecule has 1 aromatic heterocycles. The zero-order chi connectivity index (χ0) is 21.0. The minimum absolute atomic E-state index is 0.0330. The fourth-order valence-corrected chi connectivity index (χ4v) is 3.85. The molecule has 29 heavy (non-hydrogen) atoms. The Hall–Kier alpha value is -2.58. The van der Waals surface area contributed by atoms with Crippen LogP contribution in [0.1, 0.15) is 16.8 Å². The first-order valence-electron chi connectivity index (χ1n) is 9.26.